The van der Waals surface area contributed by atoms with Gasteiger partial charge in [-0.05, 0) is 47.8 Å². The smallest absolute Gasteiger partial charge is 0.265 e. The molecule has 0 fully saturated rings. The average Bonchev–Trinajstić information content (AvgIpc) is 3.23. The Morgan fingerprint density at radius 2 is 1.33 bits per heavy atom. The molecule has 2 aromatic carbocycles. The van der Waals surface area contributed by atoms with E-state index in [1.165, 1.54) is 25.6 Å². The summed E-state index contributed by atoms with van der Waals surface area (Å²) in [5, 5.41) is 7.46. The molecule has 0 aliphatic heterocycles. The van der Waals surface area contributed by atoms with Crippen LogP contribution in [0.15, 0.2) is 60.0 Å². The number of hydrogen-bond acceptors (Lipinski definition) is 5. The summed E-state index contributed by atoms with van der Waals surface area (Å²) in [6, 6.07) is 15.6. The van der Waals surface area contributed by atoms with Crippen molar-refractivity contribution in [3.05, 3.63) is 70.4 Å². The highest BCUT2D eigenvalue weighted by Crippen LogP contribution is 2.29. The topological polar surface area (TPSA) is 76.7 Å². The fourth-order valence-corrected chi connectivity index (χ4v) is 3.12. The first-order valence-corrected chi connectivity index (χ1v) is 8.97. The normalized spacial score (nSPS) is 10.1. The Bertz CT molecular complexity index is 915. The zero-order chi connectivity index (χ0) is 19.2. The van der Waals surface area contributed by atoms with Crippen LogP contribution in [0.1, 0.15) is 20.0 Å². The molecular weight excluding hydrogens is 364 g/mol. The highest BCUT2D eigenvalue weighted by atomic mass is 32.1. The first-order valence-electron chi connectivity index (χ1n) is 8.09. The molecule has 0 saturated carbocycles. The molecule has 0 aliphatic carbocycles. The number of benzene rings is 2. The molecule has 0 spiro atoms. The Kier molecular flexibility index (Phi) is 5.73. The third-order valence-corrected chi connectivity index (χ3v) is 4.67. The lowest BCUT2D eigenvalue weighted by molar-refractivity contribution is 0.101. The van der Waals surface area contributed by atoms with Crippen LogP contribution >= 0.6 is 11.3 Å². The number of hydrogen-bond donors (Lipinski definition) is 2. The highest BCUT2D eigenvalue weighted by Gasteiger charge is 2.18. The van der Waals surface area contributed by atoms with Crippen molar-refractivity contribution < 1.29 is 19.1 Å². The Hall–Kier alpha value is -3.32. The Labute approximate surface area is 160 Å². The van der Waals surface area contributed by atoms with E-state index < -0.39 is 0 Å². The molecule has 7 heteroatoms. The van der Waals surface area contributed by atoms with Gasteiger partial charge >= 0.3 is 0 Å². The third-order valence-electron chi connectivity index (χ3n) is 3.80. The Balaban J connectivity index is 1.72. The lowest BCUT2D eigenvalue weighted by atomic mass is 10.1. The summed E-state index contributed by atoms with van der Waals surface area (Å²) in [7, 11) is 2.99. The van der Waals surface area contributed by atoms with Crippen molar-refractivity contribution >= 4 is 34.5 Å². The van der Waals surface area contributed by atoms with E-state index in [1.807, 2.05) is 11.4 Å². The second-order valence-electron chi connectivity index (χ2n) is 5.50. The van der Waals surface area contributed by atoms with Crippen LogP contribution in [0.5, 0.6) is 11.5 Å². The molecule has 0 atom stereocenters. The van der Waals surface area contributed by atoms with Gasteiger partial charge in [-0.3, -0.25) is 9.59 Å². The van der Waals surface area contributed by atoms with Crippen LogP contribution in [0.25, 0.3) is 0 Å². The quantitative estimate of drug-likeness (QED) is 0.667. The average molecular weight is 382 g/mol. The van der Waals surface area contributed by atoms with E-state index in [4.69, 9.17) is 9.47 Å². The molecule has 0 unspecified atom stereocenters. The molecule has 1 heterocycles. The molecule has 1 aromatic heterocycles. The maximum Gasteiger partial charge on any atom is 0.265 e. The van der Waals surface area contributed by atoms with E-state index in [0.29, 0.717) is 33.3 Å². The van der Waals surface area contributed by atoms with Gasteiger partial charge in [-0.25, -0.2) is 0 Å². The number of carbonyl (C=O) groups excluding carboxylic acids is 2. The number of carbonyl (C=O) groups is 2. The molecule has 6 nitrogen and oxygen atoms in total. The van der Waals surface area contributed by atoms with Crippen molar-refractivity contribution in [1.82, 2.24) is 0 Å². The van der Waals surface area contributed by atoms with E-state index >= 15 is 0 Å². The summed E-state index contributed by atoms with van der Waals surface area (Å²) < 4.78 is 10.5. The van der Waals surface area contributed by atoms with Crippen molar-refractivity contribution in [2.75, 3.05) is 24.9 Å². The molecule has 2 amide bonds. The van der Waals surface area contributed by atoms with Crippen LogP contribution in [-0.2, 0) is 0 Å². The fourth-order valence-electron chi connectivity index (χ4n) is 2.51. The molecule has 27 heavy (non-hydrogen) atoms. The van der Waals surface area contributed by atoms with Gasteiger partial charge in [0.05, 0.1) is 19.1 Å². The summed E-state index contributed by atoms with van der Waals surface area (Å²) >= 11 is 1.37. The van der Waals surface area contributed by atoms with E-state index in [-0.39, 0.29) is 11.8 Å². The second kappa shape index (κ2) is 8.37. The van der Waals surface area contributed by atoms with Crippen LogP contribution < -0.4 is 20.1 Å². The number of ether oxygens (including phenoxy) is 2. The molecule has 0 saturated heterocycles. The van der Waals surface area contributed by atoms with Crippen molar-refractivity contribution in [3.8, 4) is 11.5 Å². The number of methoxy groups -OCH3 is 2. The van der Waals surface area contributed by atoms with Crippen LogP contribution in [0.2, 0.25) is 0 Å². The second-order valence-corrected chi connectivity index (χ2v) is 6.45. The van der Waals surface area contributed by atoms with E-state index in [1.54, 1.807) is 48.5 Å². The summed E-state index contributed by atoms with van der Waals surface area (Å²) in [6.45, 7) is 0. The van der Waals surface area contributed by atoms with Crippen molar-refractivity contribution in [3.63, 3.8) is 0 Å². The number of thiophene rings is 1. The monoisotopic (exact) mass is 382 g/mol. The molecule has 138 valence electrons. The minimum absolute atomic E-state index is 0.166. The van der Waals surface area contributed by atoms with E-state index in [9.17, 15) is 9.59 Å². The van der Waals surface area contributed by atoms with Gasteiger partial charge in [0.25, 0.3) is 11.8 Å². The van der Waals surface area contributed by atoms with Gasteiger partial charge in [0.2, 0.25) is 0 Å². The lowest BCUT2D eigenvalue weighted by Gasteiger charge is -2.13. The maximum absolute atomic E-state index is 12.7. The number of nitrogens with one attached hydrogen (secondary N) is 2. The van der Waals surface area contributed by atoms with Crippen molar-refractivity contribution in [2.24, 2.45) is 0 Å². The largest absolute Gasteiger partial charge is 0.496 e. The predicted octanol–water partition coefficient (Wildman–Crippen LogP) is 4.27. The van der Waals surface area contributed by atoms with E-state index in [2.05, 4.69) is 10.6 Å². The SMILES string of the molecule is COc1cccc(OC)c1C(=O)Nc1ccc(NC(=O)c2cccs2)cc1. The van der Waals surface area contributed by atoms with Crippen molar-refractivity contribution in [2.45, 2.75) is 0 Å². The van der Waals surface area contributed by atoms with Gasteiger partial charge in [0.1, 0.15) is 17.1 Å². The Morgan fingerprint density at radius 3 is 1.81 bits per heavy atom. The van der Waals surface area contributed by atoms with Gasteiger partial charge in [-0.15, -0.1) is 11.3 Å². The maximum atomic E-state index is 12.7. The first-order chi connectivity index (χ1) is 13.1. The van der Waals surface area contributed by atoms with Crippen LogP contribution in [0.3, 0.4) is 0 Å². The van der Waals surface area contributed by atoms with Gasteiger partial charge in [0.15, 0.2) is 0 Å². The molecule has 2 N–H and O–H groups in total. The first kappa shape index (κ1) is 18.5. The summed E-state index contributed by atoms with van der Waals surface area (Å²) in [5.74, 6) is 0.332. The van der Waals surface area contributed by atoms with E-state index in [0.717, 1.165) is 0 Å². The van der Waals surface area contributed by atoms with Gasteiger partial charge in [-0.1, -0.05) is 12.1 Å². The van der Waals surface area contributed by atoms with Crippen LogP contribution in [-0.4, -0.2) is 26.0 Å². The molecule has 0 aliphatic rings. The number of rotatable bonds is 6. The minimum Gasteiger partial charge on any atom is -0.496 e. The Morgan fingerprint density at radius 1 is 0.778 bits per heavy atom. The highest BCUT2D eigenvalue weighted by molar-refractivity contribution is 7.12. The number of amides is 2. The standard InChI is InChI=1S/C20H18N2O4S/c1-25-15-5-3-6-16(26-2)18(15)20(24)22-14-10-8-13(9-11-14)21-19(23)17-7-4-12-27-17/h3-12H,1-2H3,(H,21,23)(H,22,24). The molecule has 0 radical (unpaired) electrons. The van der Waals surface area contributed by atoms with Gasteiger partial charge in [0, 0.05) is 11.4 Å². The third kappa shape index (κ3) is 4.27. The van der Waals surface area contributed by atoms with Crippen LogP contribution in [0.4, 0.5) is 11.4 Å². The summed E-state index contributed by atoms with van der Waals surface area (Å²) in [4.78, 5) is 25.4. The van der Waals surface area contributed by atoms with Gasteiger partial charge in [-0.2, -0.15) is 0 Å². The summed E-state index contributed by atoms with van der Waals surface area (Å²) in [6.07, 6.45) is 0. The zero-order valence-electron chi connectivity index (χ0n) is 14.8. The zero-order valence-corrected chi connectivity index (χ0v) is 15.6. The number of anilines is 2. The fraction of sp³-hybridized carbons (Fsp3) is 0.100. The van der Waals surface area contributed by atoms with Gasteiger partial charge < -0.3 is 20.1 Å². The predicted molar refractivity (Wildman–Crippen MR) is 106 cm³/mol. The lowest BCUT2D eigenvalue weighted by Crippen LogP contribution is -2.15. The summed E-state index contributed by atoms with van der Waals surface area (Å²) in [5.41, 5.74) is 1.54. The minimum atomic E-state index is -0.348. The molecule has 3 aromatic rings. The molecule has 3 rings (SSSR count). The molecule has 0 bridgehead atoms. The van der Waals surface area contributed by atoms with Crippen LogP contribution in [0, 0.1) is 0 Å². The van der Waals surface area contributed by atoms with Crippen molar-refractivity contribution in [1.29, 1.82) is 0 Å². The molecular formula is C20H18N2O4S.